The summed E-state index contributed by atoms with van der Waals surface area (Å²) in [5.74, 6) is 0. The number of aliphatic hydroxyl groups excluding tert-OH is 1. The normalized spacial score (nSPS) is 17.2. The summed E-state index contributed by atoms with van der Waals surface area (Å²) in [4.78, 5) is 6.61. The van der Waals surface area contributed by atoms with Gasteiger partial charge in [-0.15, -0.1) is 0 Å². The van der Waals surface area contributed by atoms with Crippen LogP contribution in [0.4, 0.5) is 0 Å². The minimum Gasteiger partial charge on any atom is -0.387 e. The fourth-order valence-electron chi connectivity index (χ4n) is 3.02. The SMILES string of the molecule is O[C@@H](CN1CCOCC1)c1ccc(-n2ncc3cccnc32)cc1. The third kappa shape index (κ3) is 3.03. The molecule has 4 rings (SSSR count). The molecule has 0 bridgehead atoms. The lowest BCUT2D eigenvalue weighted by Crippen LogP contribution is -2.38. The molecule has 0 radical (unpaired) electrons. The van der Waals surface area contributed by atoms with E-state index in [9.17, 15) is 5.11 Å². The number of rotatable bonds is 4. The Labute approximate surface area is 140 Å². The van der Waals surface area contributed by atoms with Gasteiger partial charge in [-0.3, -0.25) is 4.90 Å². The molecule has 6 nitrogen and oxygen atoms in total. The topological polar surface area (TPSA) is 63.4 Å². The molecule has 1 atom stereocenters. The van der Waals surface area contributed by atoms with Crippen LogP contribution in [0.1, 0.15) is 11.7 Å². The maximum atomic E-state index is 10.4. The van der Waals surface area contributed by atoms with Gasteiger partial charge in [0.05, 0.1) is 31.2 Å². The van der Waals surface area contributed by atoms with E-state index in [4.69, 9.17) is 4.74 Å². The van der Waals surface area contributed by atoms with Crippen LogP contribution in [0.2, 0.25) is 0 Å². The number of aliphatic hydroxyl groups is 1. The molecule has 1 N–H and O–H groups in total. The molecule has 1 saturated heterocycles. The Morgan fingerprint density at radius 3 is 2.71 bits per heavy atom. The number of ether oxygens (including phenoxy) is 1. The number of hydrogen-bond donors (Lipinski definition) is 1. The molecule has 3 heterocycles. The number of benzene rings is 1. The Morgan fingerprint density at radius 1 is 1.12 bits per heavy atom. The Balaban J connectivity index is 1.51. The second-order valence-electron chi connectivity index (χ2n) is 5.99. The number of nitrogens with zero attached hydrogens (tertiary/aromatic N) is 4. The van der Waals surface area contributed by atoms with E-state index in [0.717, 1.165) is 48.6 Å². The van der Waals surface area contributed by atoms with Crippen LogP contribution in [0.5, 0.6) is 0 Å². The first-order chi connectivity index (χ1) is 11.8. The van der Waals surface area contributed by atoms with E-state index in [0.29, 0.717) is 6.54 Å². The third-order valence-electron chi connectivity index (χ3n) is 4.39. The van der Waals surface area contributed by atoms with Crippen molar-refractivity contribution < 1.29 is 9.84 Å². The number of hydrogen-bond acceptors (Lipinski definition) is 5. The summed E-state index contributed by atoms with van der Waals surface area (Å²) in [5.41, 5.74) is 2.68. The van der Waals surface area contributed by atoms with Gasteiger partial charge in [0.2, 0.25) is 0 Å². The zero-order valence-corrected chi connectivity index (χ0v) is 13.4. The Hall–Kier alpha value is -2.28. The molecule has 2 aromatic heterocycles. The van der Waals surface area contributed by atoms with E-state index >= 15 is 0 Å². The van der Waals surface area contributed by atoms with E-state index in [2.05, 4.69) is 15.0 Å². The molecule has 0 aliphatic carbocycles. The van der Waals surface area contributed by atoms with Crippen molar-refractivity contribution in [1.82, 2.24) is 19.7 Å². The monoisotopic (exact) mass is 324 g/mol. The second kappa shape index (κ2) is 6.68. The van der Waals surface area contributed by atoms with E-state index in [1.807, 2.05) is 47.3 Å². The molecule has 0 amide bonds. The van der Waals surface area contributed by atoms with Gasteiger partial charge in [0.1, 0.15) is 0 Å². The molecule has 0 unspecified atom stereocenters. The van der Waals surface area contributed by atoms with Crippen LogP contribution in [-0.2, 0) is 4.74 Å². The van der Waals surface area contributed by atoms with Crippen molar-refractivity contribution in [3.63, 3.8) is 0 Å². The van der Waals surface area contributed by atoms with Crippen molar-refractivity contribution in [2.45, 2.75) is 6.10 Å². The van der Waals surface area contributed by atoms with Crippen molar-refractivity contribution in [3.8, 4) is 5.69 Å². The lowest BCUT2D eigenvalue weighted by atomic mass is 10.1. The van der Waals surface area contributed by atoms with Crippen LogP contribution in [0.15, 0.2) is 48.8 Å². The quantitative estimate of drug-likeness (QED) is 0.793. The second-order valence-corrected chi connectivity index (χ2v) is 5.99. The Bertz CT molecular complexity index is 809. The Kier molecular flexibility index (Phi) is 4.25. The van der Waals surface area contributed by atoms with Crippen LogP contribution in [0.3, 0.4) is 0 Å². The molecular formula is C18H20N4O2. The highest BCUT2D eigenvalue weighted by Gasteiger charge is 2.16. The molecule has 1 aliphatic heterocycles. The van der Waals surface area contributed by atoms with Gasteiger partial charge < -0.3 is 9.84 Å². The van der Waals surface area contributed by atoms with Gasteiger partial charge in [0.15, 0.2) is 5.65 Å². The zero-order valence-electron chi connectivity index (χ0n) is 13.4. The smallest absolute Gasteiger partial charge is 0.162 e. The van der Waals surface area contributed by atoms with Crippen LogP contribution in [0, 0.1) is 0 Å². The fourth-order valence-corrected chi connectivity index (χ4v) is 3.02. The molecule has 1 aromatic carbocycles. The molecule has 6 heteroatoms. The van der Waals surface area contributed by atoms with Crippen LogP contribution >= 0.6 is 0 Å². The number of aromatic nitrogens is 3. The predicted octanol–water partition coefficient (Wildman–Crippen LogP) is 1.79. The van der Waals surface area contributed by atoms with E-state index in [-0.39, 0.29) is 0 Å². The maximum absolute atomic E-state index is 10.4. The zero-order chi connectivity index (χ0) is 16.4. The predicted molar refractivity (Wildman–Crippen MR) is 91.1 cm³/mol. The fraction of sp³-hybridized carbons (Fsp3) is 0.333. The maximum Gasteiger partial charge on any atom is 0.162 e. The minimum absolute atomic E-state index is 0.496. The number of fused-ring (bicyclic) bond motifs is 1. The van der Waals surface area contributed by atoms with Crippen molar-refractivity contribution in [1.29, 1.82) is 0 Å². The first kappa shape index (κ1) is 15.3. The molecule has 3 aromatic rings. The number of morpholine rings is 1. The molecule has 124 valence electrons. The summed E-state index contributed by atoms with van der Waals surface area (Å²) >= 11 is 0. The molecule has 1 fully saturated rings. The van der Waals surface area contributed by atoms with Gasteiger partial charge in [-0.05, 0) is 29.8 Å². The largest absolute Gasteiger partial charge is 0.387 e. The minimum atomic E-state index is -0.496. The van der Waals surface area contributed by atoms with Crippen LogP contribution in [0.25, 0.3) is 16.7 Å². The van der Waals surface area contributed by atoms with Gasteiger partial charge in [0, 0.05) is 31.2 Å². The van der Waals surface area contributed by atoms with Gasteiger partial charge in [0.25, 0.3) is 0 Å². The molecular weight excluding hydrogens is 304 g/mol. The lowest BCUT2D eigenvalue weighted by molar-refractivity contribution is 0.0143. The molecule has 0 spiro atoms. The van der Waals surface area contributed by atoms with Gasteiger partial charge in [-0.25, -0.2) is 9.67 Å². The van der Waals surface area contributed by atoms with Crippen molar-refractivity contribution in [3.05, 3.63) is 54.4 Å². The highest BCUT2D eigenvalue weighted by atomic mass is 16.5. The first-order valence-corrected chi connectivity index (χ1v) is 8.18. The molecule has 0 saturated carbocycles. The van der Waals surface area contributed by atoms with Crippen molar-refractivity contribution >= 4 is 11.0 Å². The summed E-state index contributed by atoms with van der Waals surface area (Å²) in [6, 6.07) is 11.7. The average molecular weight is 324 g/mol. The lowest BCUT2D eigenvalue weighted by Gasteiger charge is -2.28. The Morgan fingerprint density at radius 2 is 1.92 bits per heavy atom. The summed E-state index contributed by atoms with van der Waals surface area (Å²) in [6.45, 7) is 3.87. The first-order valence-electron chi connectivity index (χ1n) is 8.18. The van der Waals surface area contributed by atoms with E-state index in [1.54, 1.807) is 6.20 Å². The standard InChI is InChI=1S/C18H20N4O2/c23-17(13-21-8-10-24-11-9-21)14-3-5-16(6-4-14)22-18-15(12-20-22)2-1-7-19-18/h1-7,12,17,23H,8-11,13H2/t17-/m0/s1. The summed E-state index contributed by atoms with van der Waals surface area (Å²) in [5, 5.41) is 15.9. The van der Waals surface area contributed by atoms with Crippen LogP contribution < -0.4 is 0 Å². The number of pyridine rings is 1. The summed E-state index contributed by atoms with van der Waals surface area (Å²) in [6.07, 6.45) is 3.08. The molecule has 1 aliphatic rings. The average Bonchev–Trinajstić information content (AvgIpc) is 3.07. The number of β-amino-alcohol motifs (C(OH)–C–C–N with tert-alkyl or cyclic N) is 1. The summed E-state index contributed by atoms with van der Waals surface area (Å²) in [7, 11) is 0. The van der Waals surface area contributed by atoms with Gasteiger partial charge >= 0.3 is 0 Å². The highest BCUT2D eigenvalue weighted by Crippen LogP contribution is 2.20. The van der Waals surface area contributed by atoms with Crippen molar-refractivity contribution in [2.24, 2.45) is 0 Å². The third-order valence-corrected chi connectivity index (χ3v) is 4.39. The summed E-state index contributed by atoms with van der Waals surface area (Å²) < 4.78 is 7.15. The van der Waals surface area contributed by atoms with E-state index in [1.165, 1.54) is 0 Å². The van der Waals surface area contributed by atoms with Gasteiger partial charge in [-0.1, -0.05) is 12.1 Å². The van der Waals surface area contributed by atoms with E-state index < -0.39 is 6.10 Å². The molecule has 24 heavy (non-hydrogen) atoms. The highest BCUT2D eigenvalue weighted by molar-refractivity contribution is 5.75. The van der Waals surface area contributed by atoms with Crippen molar-refractivity contribution in [2.75, 3.05) is 32.8 Å². The van der Waals surface area contributed by atoms with Crippen LogP contribution in [-0.4, -0.2) is 57.6 Å². The van der Waals surface area contributed by atoms with Gasteiger partial charge in [-0.2, -0.15) is 5.10 Å².